The summed E-state index contributed by atoms with van der Waals surface area (Å²) >= 11 is 0. The third kappa shape index (κ3) is 4.39. The van der Waals surface area contributed by atoms with Crippen molar-refractivity contribution in [3.05, 3.63) is 30.3 Å². The van der Waals surface area contributed by atoms with Crippen LogP contribution in [0.1, 0.15) is 51.4 Å². The lowest BCUT2D eigenvalue weighted by Crippen LogP contribution is -2.25. The molecular weight excluding hydrogens is 275 g/mol. The first-order valence-electron chi connectivity index (χ1n) is 8.51. The number of carbonyl (C=O) groups is 1. The maximum absolute atomic E-state index is 11.1. The number of aldehydes is 1. The fourth-order valence-electron chi connectivity index (χ4n) is 3.82. The van der Waals surface area contributed by atoms with Crippen LogP contribution < -0.4 is 5.30 Å². The molecule has 0 radical (unpaired) electrons. The van der Waals surface area contributed by atoms with E-state index >= 15 is 0 Å². The Balaban J connectivity index is 0.000000272. The van der Waals surface area contributed by atoms with Gasteiger partial charge in [-0.25, -0.2) is 0 Å². The van der Waals surface area contributed by atoms with E-state index in [1.807, 2.05) is 0 Å². The van der Waals surface area contributed by atoms with E-state index in [2.05, 4.69) is 43.7 Å². The molecule has 0 heterocycles. The van der Waals surface area contributed by atoms with Crippen LogP contribution in [-0.2, 0) is 4.79 Å². The second-order valence-corrected chi connectivity index (χ2v) is 11.2. The smallest absolute Gasteiger partial charge is 0.127 e. The molecule has 3 rings (SSSR count). The topological polar surface area (TPSA) is 17.1 Å². The van der Waals surface area contributed by atoms with Gasteiger partial charge in [0.2, 0.25) is 0 Å². The Morgan fingerprint density at radius 1 is 0.905 bits per heavy atom. The van der Waals surface area contributed by atoms with Crippen molar-refractivity contribution in [1.82, 2.24) is 0 Å². The van der Waals surface area contributed by atoms with Crippen LogP contribution in [-0.4, -0.2) is 25.3 Å². The first kappa shape index (κ1) is 16.7. The zero-order valence-electron chi connectivity index (χ0n) is 13.6. The number of carbonyl (C=O) groups excluding carboxylic acids is 1. The molecule has 1 aromatic rings. The van der Waals surface area contributed by atoms with Gasteiger partial charge in [-0.2, -0.15) is 0 Å². The predicted molar refractivity (Wildman–Crippen MR) is 95.1 cm³/mol. The van der Waals surface area contributed by atoms with Gasteiger partial charge in [-0.3, -0.25) is 0 Å². The number of hydrogen-bond acceptors (Lipinski definition) is 1. The van der Waals surface area contributed by atoms with Crippen LogP contribution in [0.4, 0.5) is 0 Å². The molecule has 0 N–H and O–H groups in total. The van der Waals surface area contributed by atoms with E-state index in [0.29, 0.717) is 11.6 Å². The molecule has 2 aliphatic rings. The van der Waals surface area contributed by atoms with Crippen LogP contribution in [0.15, 0.2) is 30.3 Å². The number of hydrogen-bond donors (Lipinski definition) is 0. The summed E-state index contributed by atoms with van der Waals surface area (Å²) < 4.78 is 0. The van der Waals surface area contributed by atoms with Gasteiger partial charge in [0.15, 0.2) is 0 Å². The van der Waals surface area contributed by atoms with Crippen LogP contribution >= 0.6 is 7.26 Å². The minimum absolute atomic E-state index is 0.309. The third-order valence-electron chi connectivity index (χ3n) is 5.21. The second-order valence-electron chi connectivity index (χ2n) is 6.94. The molecular formula is C19H30OP+. The van der Waals surface area contributed by atoms with Gasteiger partial charge >= 0.3 is 0 Å². The number of benzene rings is 1. The van der Waals surface area contributed by atoms with Gasteiger partial charge < -0.3 is 4.79 Å². The highest BCUT2D eigenvalue weighted by Gasteiger charge is 2.45. The highest BCUT2D eigenvalue weighted by Crippen LogP contribution is 2.61. The summed E-state index contributed by atoms with van der Waals surface area (Å²) in [5.41, 5.74) is 0.618. The molecule has 2 heteroatoms. The van der Waals surface area contributed by atoms with Crippen molar-refractivity contribution >= 4 is 18.9 Å². The van der Waals surface area contributed by atoms with Crippen LogP contribution in [0.5, 0.6) is 0 Å². The average Bonchev–Trinajstić information content (AvgIpc) is 3.22. The van der Waals surface area contributed by atoms with Crippen LogP contribution in [0.3, 0.4) is 0 Å². The Hall–Kier alpha value is -0.680. The van der Waals surface area contributed by atoms with Crippen molar-refractivity contribution in [3.63, 3.8) is 0 Å². The molecule has 0 amide bonds. The maximum atomic E-state index is 11.1. The van der Waals surface area contributed by atoms with E-state index in [4.69, 9.17) is 0 Å². The molecule has 2 saturated carbocycles. The maximum Gasteiger partial charge on any atom is 0.127 e. The molecule has 2 aliphatic carbocycles. The molecule has 2 atom stereocenters. The lowest BCUT2D eigenvalue weighted by molar-refractivity contribution is -0.110. The molecule has 116 valence electrons. The molecule has 0 saturated heterocycles. The molecule has 1 aromatic carbocycles. The van der Waals surface area contributed by atoms with E-state index in [1.165, 1.54) is 56.5 Å². The quantitative estimate of drug-likeness (QED) is 0.573. The first-order valence-corrected chi connectivity index (χ1v) is 11.3. The molecule has 21 heavy (non-hydrogen) atoms. The van der Waals surface area contributed by atoms with Crippen molar-refractivity contribution in [3.8, 4) is 0 Å². The molecule has 0 bridgehead atoms. The Bertz CT molecular complexity index is 415. The normalized spacial score (nSPS) is 25.2. The van der Waals surface area contributed by atoms with Gasteiger partial charge in [0.25, 0.3) is 0 Å². The summed E-state index contributed by atoms with van der Waals surface area (Å²) in [4.78, 5) is 11.1. The third-order valence-corrected chi connectivity index (χ3v) is 9.14. The largest absolute Gasteiger partial charge is 0.303 e. The van der Waals surface area contributed by atoms with Crippen molar-refractivity contribution < 1.29 is 4.79 Å². The Morgan fingerprint density at radius 3 is 2.00 bits per heavy atom. The Labute approximate surface area is 130 Å². The van der Waals surface area contributed by atoms with Gasteiger partial charge in [0, 0.05) is 7.26 Å². The van der Waals surface area contributed by atoms with Gasteiger partial charge in [-0.1, -0.05) is 50.3 Å². The highest BCUT2D eigenvalue weighted by molar-refractivity contribution is 7.82. The summed E-state index contributed by atoms with van der Waals surface area (Å²) in [6, 6.07) is 10.8. The fraction of sp³-hybridized carbons (Fsp3) is 0.632. The molecule has 1 nitrogen and oxygen atoms in total. The first-order chi connectivity index (χ1) is 10.2. The monoisotopic (exact) mass is 305 g/mol. The molecule has 2 unspecified atom stereocenters. The summed E-state index contributed by atoms with van der Waals surface area (Å²) in [6.07, 6.45) is 12.3. The minimum atomic E-state index is -1.15. The van der Waals surface area contributed by atoms with Crippen molar-refractivity contribution in [2.24, 2.45) is 5.92 Å². The van der Waals surface area contributed by atoms with Crippen molar-refractivity contribution in [2.45, 2.75) is 57.0 Å². The second kappa shape index (κ2) is 8.08. The lowest BCUT2D eigenvalue weighted by atomic mass is 10.1. The van der Waals surface area contributed by atoms with Gasteiger partial charge in [0.05, 0.1) is 30.2 Å². The Kier molecular flexibility index (Phi) is 6.42. The highest BCUT2D eigenvalue weighted by atomic mass is 31.2. The summed E-state index contributed by atoms with van der Waals surface area (Å²) in [7, 11) is -1.15. The lowest BCUT2D eigenvalue weighted by Gasteiger charge is -2.27. The van der Waals surface area contributed by atoms with Gasteiger partial charge in [-0.15, -0.1) is 0 Å². The van der Waals surface area contributed by atoms with E-state index in [1.54, 1.807) is 0 Å². The van der Waals surface area contributed by atoms with Crippen LogP contribution in [0, 0.1) is 5.92 Å². The van der Waals surface area contributed by atoms with Gasteiger partial charge in [-0.05, 0) is 31.4 Å². The van der Waals surface area contributed by atoms with Crippen LogP contribution in [0.2, 0.25) is 0 Å². The fourth-order valence-corrected chi connectivity index (χ4v) is 7.15. The van der Waals surface area contributed by atoms with Crippen LogP contribution in [0.25, 0.3) is 0 Å². The van der Waals surface area contributed by atoms with Gasteiger partial charge in [0.1, 0.15) is 6.29 Å². The van der Waals surface area contributed by atoms with Crippen molar-refractivity contribution in [2.75, 3.05) is 13.3 Å². The summed E-state index contributed by atoms with van der Waals surface area (Å²) in [5, 5.41) is 1.47. The zero-order valence-corrected chi connectivity index (χ0v) is 14.5. The standard InChI is InChI=1S/C14H20OP.C5H10/c1-16(2,13-8-4-3-5-9-13)14-10-6-7-12(14)11-15;1-2-4-5-3-1/h3-5,8-9,11-12,14H,6-7,10H2,1-2H3;1-5H2/q+1;. The summed E-state index contributed by atoms with van der Waals surface area (Å²) in [6.45, 7) is 4.77. The zero-order chi connectivity index (χ0) is 15.1. The molecule has 0 aromatic heterocycles. The van der Waals surface area contributed by atoms with Crippen molar-refractivity contribution in [1.29, 1.82) is 0 Å². The number of rotatable bonds is 3. The Morgan fingerprint density at radius 2 is 1.48 bits per heavy atom. The molecule has 2 fully saturated rings. The van der Waals surface area contributed by atoms with E-state index < -0.39 is 7.26 Å². The summed E-state index contributed by atoms with van der Waals surface area (Å²) in [5.74, 6) is 0.309. The van der Waals surface area contributed by atoms with E-state index in [9.17, 15) is 4.79 Å². The average molecular weight is 305 g/mol. The van der Waals surface area contributed by atoms with E-state index in [0.717, 1.165) is 6.42 Å². The molecule has 0 aliphatic heterocycles. The molecule has 0 spiro atoms. The predicted octanol–water partition coefficient (Wildman–Crippen LogP) is 4.91. The minimum Gasteiger partial charge on any atom is -0.303 e. The van der Waals surface area contributed by atoms with E-state index in [-0.39, 0.29) is 0 Å². The SMILES string of the molecule is C1CCCC1.C[P+](C)(c1ccccc1)C1CCCC1C=O.